The third-order valence-corrected chi connectivity index (χ3v) is 6.48. The Kier molecular flexibility index (Phi) is 5.04. The van der Waals surface area contributed by atoms with Gasteiger partial charge in [-0.2, -0.15) is 4.31 Å². The van der Waals surface area contributed by atoms with Gasteiger partial charge in [0.15, 0.2) is 0 Å². The molecule has 2 heterocycles. The second-order valence-electron chi connectivity index (χ2n) is 6.63. The van der Waals surface area contributed by atoms with Gasteiger partial charge < -0.3 is 10.1 Å². The molecule has 4 rings (SSSR count). The number of hydrogen-bond donors (Lipinski definition) is 1. The van der Waals surface area contributed by atoms with Crippen LogP contribution in [0.3, 0.4) is 0 Å². The third kappa shape index (κ3) is 3.72. The first-order valence-corrected chi connectivity index (χ1v) is 10.4. The van der Waals surface area contributed by atoms with Gasteiger partial charge in [0, 0.05) is 30.6 Å². The van der Waals surface area contributed by atoms with E-state index >= 15 is 0 Å². The fourth-order valence-corrected chi connectivity index (χ4v) is 4.33. The molecule has 29 heavy (non-hydrogen) atoms. The van der Waals surface area contributed by atoms with Gasteiger partial charge in [-0.25, -0.2) is 8.42 Å². The summed E-state index contributed by atoms with van der Waals surface area (Å²) in [7, 11) is -2.44. The Morgan fingerprint density at radius 1 is 1.03 bits per heavy atom. The summed E-state index contributed by atoms with van der Waals surface area (Å²) in [4.78, 5) is 16.6. The van der Waals surface area contributed by atoms with Gasteiger partial charge in [0.2, 0.25) is 15.9 Å². The number of likely N-dealkylation sites (N-methyl/N-ethyl adjacent to an activating group) is 1. The lowest BCUT2D eigenvalue weighted by Gasteiger charge is -2.29. The Hall–Kier alpha value is -3.23. The Labute approximate surface area is 169 Å². The monoisotopic (exact) mass is 409 g/mol. The normalized spacial score (nSPS) is 13.3. The van der Waals surface area contributed by atoms with E-state index in [2.05, 4.69) is 10.3 Å². The summed E-state index contributed by atoms with van der Waals surface area (Å²) in [5.74, 6) is 0.900. The number of carbonyl (C=O) groups is 1. The molecule has 1 N–H and O–H groups in total. The molecule has 2 aromatic carbocycles. The van der Waals surface area contributed by atoms with E-state index in [4.69, 9.17) is 4.74 Å². The molecule has 0 spiro atoms. The van der Waals surface area contributed by atoms with Gasteiger partial charge in [0.05, 0.1) is 12.6 Å². The van der Waals surface area contributed by atoms with Crippen molar-refractivity contribution in [1.29, 1.82) is 0 Å². The first-order chi connectivity index (χ1) is 14.0. The van der Waals surface area contributed by atoms with Crippen molar-refractivity contribution in [3.63, 3.8) is 0 Å². The maximum absolute atomic E-state index is 12.7. The number of nitrogens with one attached hydrogen (secondary N) is 1. The number of sulfonamides is 1. The van der Waals surface area contributed by atoms with Gasteiger partial charge in [-0.1, -0.05) is 36.4 Å². The van der Waals surface area contributed by atoms with Gasteiger partial charge in [0.1, 0.15) is 16.4 Å². The molecule has 0 saturated carbocycles. The predicted molar refractivity (Wildman–Crippen MR) is 107 cm³/mol. The number of para-hydroxylation sites is 2. The van der Waals surface area contributed by atoms with Gasteiger partial charge in [-0.3, -0.25) is 9.78 Å². The largest absolute Gasteiger partial charge is 0.457 e. The van der Waals surface area contributed by atoms with Crippen molar-refractivity contribution >= 4 is 15.9 Å². The number of fused-ring (bicyclic) bond motifs is 2. The molecule has 0 atom stereocenters. The van der Waals surface area contributed by atoms with Crippen molar-refractivity contribution in [3.05, 3.63) is 84.2 Å². The quantitative estimate of drug-likeness (QED) is 0.700. The molecule has 1 aromatic heterocycles. The molecular weight excluding hydrogens is 390 g/mol. The molecule has 0 unspecified atom stereocenters. The minimum atomic E-state index is -3.81. The van der Waals surface area contributed by atoms with Crippen LogP contribution < -0.4 is 10.1 Å². The van der Waals surface area contributed by atoms with E-state index in [-0.39, 0.29) is 11.4 Å². The van der Waals surface area contributed by atoms with Crippen molar-refractivity contribution in [2.24, 2.45) is 0 Å². The van der Waals surface area contributed by atoms with Crippen LogP contribution in [0, 0.1) is 0 Å². The van der Waals surface area contributed by atoms with Crippen LogP contribution in [0.25, 0.3) is 0 Å². The molecule has 1 aliphatic heterocycles. The van der Waals surface area contributed by atoms with Gasteiger partial charge >= 0.3 is 0 Å². The molecule has 3 aromatic rings. The van der Waals surface area contributed by atoms with E-state index in [1.807, 2.05) is 48.5 Å². The smallest absolute Gasteiger partial charge is 0.244 e. The summed E-state index contributed by atoms with van der Waals surface area (Å²) in [6, 6.07) is 17.4. The second-order valence-corrected chi connectivity index (χ2v) is 8.67. The fourth-order valence-electron chi connectivity index (χ4n) is 3.24. The maximum Gasteiger partial charge on any atom is 0.244 e. The van der Waals surface area contributed by atoms with Crippen molar-refractivity contribution < 1.29 is 17.9 Å². The molecule has 1 aliphatic rings. The zero-order valence-electron chi connectivity index (χ0n) is 15.6. The van der Waals surface area contributed by atoms with Crippen molar-refractivity contribution in [3.8, 4) is 11.5 Å². The molecule has 1 amide bonds. The summed E-state index contributed by atoms with van der Waals surface area (Å²) in [5.41, 5.74) is 1.63. The molecule has 0 bridgehead atoms. The fraction of sp³-hybridized carbons (Fsp3) is 0.143. The highest BCUT2D eigenvalue weighted by Crippen LogP contribution is 2.42. The number of benzene rings is 2. The average Bonchev–Trinajstić information content (AvgIpc) is 2.74. The minimum absolute atomic E-state index is 0.0389. The predicted octanol–water partition coefficient (Wildman–Crippen LogP) is 2.71. The van der Waals surface area contributed by atoms with Crippen LogP contribution in [0.15, 0.2) is 78.0 Å². The van der Waals surface area contributed by atoms with Crippen molar-refractivity contribution in [1.82, 2.24) is 14.6 Å². The molecule has 8 heteroatoms. The highest BCUT2D eigenvalue weighted by atomic mass is 32.2. The van der Waals surface area contributed by atoms with E-state index < -0.39 is 22.0 Å². The molecule has 0 aliphatic carbocycles. The standard InChI is InChI=1S/C21H19N3O4S/c1-24(29(26,27)15-7-6-12-22-13-15)14-20(25)23-21-16-8-2-4-10-18(16)28-19-11-5-3-9-17(19)21/h2-13,21H,14H2,1H3,(H,23,25). The number of aromatic nitrogens is 1. The zero-order chi connectivity index (χ0) is 20.4. The Balaban J connectivity index is 1.56. The third-order valence-electron chi connectivity index (χ3n) is 4.69. The highest BCUT2D eigenvalue weighted by Gasteiger charge is 2.29. The van der Waals surface area contributed by atoms with Crippen LogP contribution in [0.1, 0.15) is 17.2 Å². The van der Waals surface area contributed by atoms with E-state index in [1.54, 1.807) is 0 Å². The van der Waals surface area contributed by atoms with Crippen LogP contribution in [0.4, 0.5) is 0 Å². The summed E-state index contributed by atoms with van der Waals surface area (Å²) < 4.78 is 32.2. The zero-order valence-corrected chi connectivity index (χ0v) is 16.5. The van der Waals surface area contributed by atoms with Gasteiger partial charge in [0.25, 0.3) is 0 Å². The Morgan fingerprint density at radius 2 is 1.66 bits per heavy atom. The lowest BCUT2D eigenvalue weighted by Crippen LogP contribution is -2.40. The molecule has 0 saturated heterocycles. The van der Waals surface area contributed by atoms with Crippen LogP contribution in [-0.2, 0) is 14.8 Å². The van der Waals surface area contributed by atoms with E-state index in [0.717, 1.165) is 15.4 Å². The van der Waals surface area contributed by atoms with E-state index in [1.165, 1.54) is 31.6 Å². The second kappa shape index (κ2) is 7.65. The van der Waals surface area contributed by atoms with Crippen LogP contribution in [-0.4, -0.2) is 37.2 Å². The first kappa shape index (κ1) is 19.1. The number of amides is 1. The van der Waals surface area contributed by atoms with Crippen molar-refractivity contribution in [2.75, 3.05) is 13.6 Å². The molecule has 0 fully saturated rings. The first-order valence-electron chi connectivity index (χ1n) is 8.98. The van der Waals surface area contributed by atoms with Crippen LogP contribution >= 0.6 is 0 Å². The average molecular weight is 409 g/mol. The van der Waals surface area contributed by atoms with E-state index in [9.17, 15) is 13.2 Å². The van der Waals surface area contributed by atoms with Crippen LogP contribution in [0.2, 0.25) is 0 Å². The van der Waals surface area contributed by atoms with Gasteiger partial charge in [-0.15, -0.1) is 0 Å². The van der Waals surface area contributed by atoms with Crippen molar-refractivity contribution in [2.45, 2.75) is 10.9 Å². The summed E-state index contributed by atoms with van der Waals surface area (Å²) in [6.07, 6.45) is 2.75. The Morgan fingerprint density at radius 3 is 2.24 bits per heavy atom. The summed E-state index contributed by atoms with van der Waals surface area (Å²) in [5, 5.41) is 2.95. The van der Waals surface area contributed by atoms with Gasteiger partial charge in [-0.05, 0) is 24.3 Å². The number of pyridine rings is 1. The Bertz CT molecular complexity index is 1100. The number of rotatable bonds is 5. The lowest BCUT2D eigenvalue weighted by molar-refractivity contribution is -0.121. The SMILES string of the molecule is CN(CC(=O)NC1c2ccccc2Oc2ccccc21)S(=O)(=O)c1cccnc1. The number of ether oxygens (including phenoxy) is 1. The molecule has 148 valence electrons. The highest BCUT2D eigenvalue weighted by molar-refractivity contribution is 7.89. The lowest BCUT2D eigenvalue weighted by atomic mass is 9.94. The van der Waals surface area contributed by atoms with Crippen LogP contribution in [0.5, 0.6) is 11.5 Å². The number of nitrogens with zero attached hydrogens (tertiary/aromatic N) is 2. The van der Waals surface area contributed by atoms with E-state index in [0.29, 0.717) is 11.5 Å². The minimum Gasteiger partial charge on any atom is -0.457 e. The summed E-state index contributed by atoms with van der Waals surface area (Å²) in [6.45, 7) is -0.321. The molecule has 0 radical (unpaired) electrons. The molecular formula is C21H19N3O4S. The number of hydrogen-bond acceptors (Lipinski definition) is 5. The molecule has 7 nitrogen and oxygen atoms in total. The number of carbonyl (C=O) groups excluding carboxylic acids is 1. The summed E-state index contributed by atoms with van der Waals surface area (Å²) >= 11 is 0. The maximum atomic E-state index is 12.7. The topological polar surface area (TPSA) is 88.6 Å².